The van der Waals surface area contributed by atoms with Crippen molar-refractivity contribution in [2.24, 2.45) is 0 Å². The van der Waals surface area contributed by atoms with E-state index in [0.717, 1.165) is 16.5 Å². The highest BCUT2D eigenvalue weighted by Crippen LogP contribution is 2.27. The largest absolute Gasteiger partial charge is 0.467 e. The molecule has 0 fully saturated rings. The summed E-state index contributed by atoms with van der Waals surface area (Å²) in [5.41, 5.74) is 1.47. The van der Waals surface area contributed by atoms with Crippen molar-refractivity contribution < 1.29 is 13.9 Å². The Morgan fingerprint density at radius 3 is 2.88 bits per heavy atom. The zero-order valence-corrected chi connectivity index (χ0v) is 15.0. The number of pyridine rings is 1. The van der Waals surface area contributed by atoms with Crippen molar-refractivity contribution in [3.05, 3.63) is 59.1 Å². The monoisotopic (exact) mass is 357 g/mol. The Morgan fingerprint density at radius 2 is 2.20 bits per heavy atom. The maximum atomic E-state index is 13.0. The second kappa shape index (κ2) is 8.04. The van der Waals surface area contributed by atoms with Gasteiger partial charge in [0, 0.05) is 19.9 Å². The fourth-order valence-corrected chi connectivity index (χ4v) is 3.39. The highest BCUT2D eigenvalue weighted by atomic mass is 32.1. The van der Waals surface area contributed by atoms with Crippen LogP contribution in [0, 0.1) is 6.92 Å². The van der Waals surface area contributed by atoms with Gasteiger partial charge in [-0.05, 0) is 31.2 Å². The smallest absolute Gasteiger partial charge is 0.266 e. The summed E-state index contributed by atoms with van der Waals surface area (Å²) in [6.07, 6.45) is 3.32. The third-order valence-electron chi connectivity index (χ3n) is 3.65. The third-order valence-corrected chi connectivity index (χ3v) is 4.82. The molecule has 3 heterocycles. The van der Waals surface area contributed by atoms with E-state index in [1.165, 1.54) is 11.3 Å². The van der Waals surface area contributed by atoms with Crippen molar-refractivity contribution in [2.45, 2.75) is 13.5 Å². The standard InChI is InChI=1S/C18H19N3O3S/c1-13-16(25-17(20-13)15-7-3-4-8-19-15)18(22)21(9-11-23-2)12-14-6-5-10-24-14/h3-8,10H,9,11-12H2,1-2H3. The van der Waals surface area contributed by atoms with Gasteiger partial charge in [0.15, 0.2) is 0 Å². The fourth-order valence-electron chi connectivity index (χ4n) is 2.38. The van der Waals surface area contributed by atoms with Gasteiger partial charge in [-0.15, -0.1) is 11.3 Å². The molecule has 0 aliphatic carbocycles. The van der Waals surface area contributed by atoms with Crippen LogP contribution in [0.1, 0.15) is 21.1 Å². The first-order valence-electron chi connectivity index (χ1n) is 7.88. The fraction of sp³-hybridized carbons (Fsp3) is 0.278. The average Bonchev–Trinajstić information content (AvgIpc) is 3.28. The Kier molecular flexibility index (Phi) is 5.57. The van der Waals surface area contributed by atoms with Crippen LogP contribution in [0.25, 0.3) is 10.7 Å². The van der Waals surface area contributed by atoms with Crippen LogP contribution < -0.4 is 0 Å². The Morgan fingerprint density at radius 1 is 1.32 bits per heavy atom. The van der Waals surface area contributed by atoms with Gasteiger partial charge < -0.3 is 14.1 Å². The number of aryl methyl sites for hydroxylation is 1. The maximum Gasteiger partial charge on any atom is 0.266 e. The van der Waals surface area contributed by atoms with Crippen molar-refractivity contribution >= 4 is 17.2 Å². The second-order valence-corrected chi connectivity index (χ2v) is 6.45. The van der Waals surface area contributed by atoms with Gasteiger partial charge in [-0.2, -0.15) is 0 Å². The maximum absolute atomic E-state index is 13.0. The van der Waals surface area contributed by atoms with Gasteiger partial charge in [-0.3, -0.25) is 9.78 Å². The van der Waals surface area contributed by atoms with Crippen LogP contribution in [-0.4, -0.2) is 41.0 Å². The number of hydrogen-bond acceptors (Lipinski definition) is 6. The molecule has 0 unspecified atom stereocenters. The molecule has 0 aliphatic rings. The van der Waals surface area contributed by atoms with Gasteiger partial charge in [0.05, 0.1) is 30.8 Å². The lowest BCUT2D eigenvalue weighted by Gasteiger charge is -2.20. The van der Waals surface area contributed by atoms with Gasteiger partial charge in [-0.1, -0.05) is 6.07 Å². The van der Waals surface area contributed by atoms with Gasteiger partial charge >= 0.3 is 0 Å². The summed E-state index contributed by atoms with van der Waals surface area (Å²) in [5.74, 6) is 0.655. The summed E-state index contributed by atoms with van der Waals surface area (Å²) in [6, 6.07) is 9.31. The minimum atomic E-state index is -0.0781. The SMILES string of the molecule is COCCN(Cc1ccco1)C(=O)c1sc(-c2ccccn2)nc1C. The predicted octanol–water partition coefficient (Wildman–Crippen LogP) is 3.40. The molecule has 0 aromatic carbocycles. The molecule has 1 amide bonds. The molecular formula is C18H19N3O3S. The van der Waals surface area contributed by atoms with Crippen LogP contribution in [-0.2, 0) is 11.3 Å². The first kappa shape index (κ1) is 17.3. The average molecular weight is 357 g/mol. The Balaban J connectivity index is 1.85. The van der Waals surface area contributed by atoms with Gasteiger partial charge in [-0.25, -0.2) is 4.98 Å². The van der Waals surface area contributed by atoms with Crippen LogP contribution in [0.15, 0.2) is 47.2 Å². The lowest BCUT2D eigenvalue weighted by Crippen LogP contribution is -2.33. The van der Waals surface area contributed by atoms with Gasteiger partial charge in [0.2, 0.25) is 0 Å². The minimum absolute atomic E-state index is 0.0781. The number of ether oxygens (including phenoxy) is 1. The Bertz CT molecular complexity index is 815. The minimum Gasteiger partial charge on any atom is -0.467 e. The number of rotatable bonds is 7. The molecule has 3 rings (SSSR count). The lowest BCUT2D eigenvalue weighted by molar-refractivity contribution is 0.0670. The molecule has 0 spiro atoms. The molecule has 7 heteroatoms. The first-order chi connectivity index (χ1) is 12.2. The predicted molar refractivity (Wildman–Crippen MR) is 95.4 cm³/mol. The van der Waals surface area contributed by atoms with Gasteiger partial charge in [0.1, 0.15) is 15.6 Å². The molecule has 0 saturated carbocycles. The molecule has 0 saturated heterocycles. The number of amides is 1. The first-order valence-corrected chi connectivity index (χ1v) is 8.70. The third kappa shape index (κ3) is 4.12. The molecule has 0 N–H and O–H groups in total. The molecule has 130 valence electrons. The summed E-state index contributed by atoms with van der Waals surface area (Å²) in [4.78, 5) is 24.2. The van der Waals surface area contributed by atoms with Crippen LogP contribution in [0.2, 0.25) is 0 Å². The zero-order valence-electron chi connectivity index (χ0n) is 14.1. The molecule has 0 aliphatic heterocycles. The lowest BCUT2D eigenvalue weighted by atomic mass is 10.3. The Hall–Kier alpha value is -2.51. The van der Waals surface area contributed by atoms with Crippen molar-refractivity contribution in [3.63, 3.8) is 0 Å². The summed E-state index contributed by atoms with van der Waals surface area (Å²) in [5, 5.41) is 0.742. The number of nitrogens with zero attached hydrogens (tertiary/aromatic N) is 3. The highest BCUT2D eigenvalue weighted by molar-refractivity contribution is 7.17. The summed E-state index contributed by atoms with van der Waals surface area (Å²) < 4.78 is 10.5. The number of aromatic nitrogens is 2. The van der Waals surface area contributed by atoms with E-state index in [0.29, 0.717) is 30.3 Å². The van der Waals surface area contributed by atoms with E-state index in [-0.39, 0.29) is 5.91 Å². The zero-order chi connectivity index (χ0) is 17.6. The van der Waals surface area contributed by atoms with Crippen LogP contribution in [0.4, 0.5) is 0 Å². The van der Waals surface area contributed by atoms with Crippen molar-refractivity contribution in [3.8, 4) is 10.7 Å². The van der Waals surface area contributed by atoms with E-state index in [9.17, 15) is 4.79 Å². The van der Waals surface area contributed by atoms with E-state index in [4.69, 9.17) is 9.15 Å². The molecule has 0 radical (unpaired) electrons. The molecule has 0 atom stereocenters. The number of furan rings is 1. The van der Waals surface area contributed by atoms with E-state index in [1.54, 1.807) is 24.5 Å². The molecule has 3 aromatic rings. The Labute approximate surface area is 150 Å². The van der Waals surface area contributed by atoms with Crippen molar-refractivity contribution in [2.75, 3.05) is 20.3 Å². The van der Waals surface area contributed by atoms with Crippen LogP contribution >= 0.6 is 11.3 Å². The molecule has 6 nitrogen and oxygen atoms in total. The number of carbonyl (C=O) groups excluding carboxylic acids is 1. The number of thiazole rings is 1. The molecule has 25 heavy (non-hydrogen) atoms. The van der Waals surface area contributed by atoms with Crippen LogP contribution in [0.5, 0.6) is 0 Å². The number of methoxy groups -OCH3 is 1. The summed E-state index contributed by atoms with van der Waals surface area (Å²) in [7, 11) is 1.62. The molecule has 3 aromatic heterocycles. The van der Waals surface area contributed by atoms with Crippen molar-refractivity contribution in [1.29, 1.82) is 0 Å². The van der Waals surface area contributed by atoms with E-state index >= 15 is 0 Å². The van der Waals surface area contributed by atoms with E-state index < -0.39 is 0 Å². The topological polar surface area (TPSA) is 68.5 Å². The van der Waals surface area contributed by atoms with Crippen molar-refractivity contribution in [1.82, 2.24) is 14.9 Å². The highest BCUT2D eigenvalue weighted by Gasteiger charge is 2.23. The van der Waals surface area contributed by atoms with Crippen LogP contribution in [0.3, 0.4) is 0 Å². The second-order valence-electron chi connectivity index (χ2n) is 5.45. The van der Waals surface area contributed by atoms with E-state index in [2.05, 4.69) is 9.97 Å². The quantitative estimate of drug-likeness (QED) is 0.648. The van der Waals surface area contributed by atoms with E-state index in [1.807, 2.05) is 37.3 Å². The normalized spacial score (nSPS) is 10.8. The number of carbonyl (C=O) groups is 1. The molecular weight excluding hydrogens is 338 g/mol. The summed E-state index contributed by atoms with van der Waals surface area (Å²) >= 11 is 1.36. The number of hydrogen-bond donors (Lipinski definition) is 0. The molecule has 0 bridgehead atoms. The van der Waals surface area contributed by atoms with Gasteiger partial charge in [0.25, 0.3) is 5.91 Å². The summed E-state index contributed by atoms with van der Waals surface area (Å²) in [6.45, 7) is 3.17.